The van der Waals surface area contributed by atoms with Gasteiger partial charge in [0.25, 0.3) is 0 Å². The first-order chi connectivity index (χ1) is 6.94. The van der Waals surface area contributed by atoms with E-state index in [0.717, 1.165) is 6.20 Å². The quantitative estimate of drug-likeness (QED) is 0.804. The molecule has 0 spiro atoms. The molecule has 82 valence electrons. The van der Waals surface area contributed by atoms with Crippen molar-refractivity contribution in [2.75, 3.05) is 9.38 Å². The van der Waals surface area contributed by atoms with Crippen molar-refractivity contribution < 1.29 is 18.3 Å². The highest BCUT2D eigenvalue weighted by molar-refractivity contribution is 9.10. The minimum atomic E-state index is -3.48. The number of rotatable bonds is 4. The Bertz CT molecular complexity index is 474. The van der Waals surface area contributed by atoms with Crippen LogP contribution >= 0.6 is 15.9 Å². The Morgan fingerprint density at radius 2 is 2.20 bits per heavy atom. The fraction of sp³-hybridized carbons (Fsp3) is 0.143. The van der Waals surface area contributed by atoms with Gasteiger partial charge in [0.2, 0.25) is 10.0 Å². The minimum absolute atomic E-state index is 0.0789. The van der Waals surface area contributed by atoms with Crippen molar-refractivity contribution in [3.8, 4) is 0 Å². The fourth-order valence-electron chi connectivity index (χ4n) is 0.820. The van der Waals surface area contributed by atoms with E-state index in [9.17, 15) is 13.2 Å². The van der Waals surface area contributed by atoms with Crippen molar-refractivity contribution in [3.63, 3.8) is 0 Å². The average Bonchev–Trinajstić information content (AvgIpc) is 2.17. The highest BCUT2D eigenvalue weighted by atomic mass is 79.9. The number of nitrogens with zero attached hydrogens (tertiary/aromatic N) is 1. The number of nitrogens with one attached hydrogen (secondary N) is 1. The van der Waals surface area contributed by atoms with Gasteiger partial charge in [0.05, 0.1) is 17.4 Å². The van der Waals surface area contributed by atoms with Gasteiger partial charge in [-0.2, -0.15) is 0 Å². The Balaban J connectivity index is 2.97. The van der Waals surface area contributed by atoms with Gasteiger partial charge in [-0.15, -0.1) is 0 Å². The summed E-state index contributed by atoms with van der Waals surface area (Å²) in [6.07, 6.45) is 2.36. The predicted octanol–water partition coefficient (Wildman–Crippen LogP) is 0.874. The van der Waals surface area contributed by atoms with Crippen LogP contribution in [0.4, 0.5) is 5.69 Å². The average molecular weight is 295 g/mol. The summed E-state index contributed by atoms with van der Waals surface area (Å²) in [7, 11) is -3.48. The second-order valence-corrected chi connectivity index (χ2v) is 5.62. The van der Waals surface area contributed by atoms with Gasteiger partial charge in [0, 0.05) is 6.20 Å². The number of anilines is 1. The molecule has 0 aliphatic heterocycles. The summed E-state index contributed by atoms with van der Waals surface area (Å²) < 4.78 is 24.1. The van der Waals surface area contributed by atoms with Crippen LogP contribution < -0.4 is 4.72 Å². The molecule has 0 bridgehead atoms. The summed E-state index contributed by atoms with van der Waals surface area (Å²) in [6.45, 7) is 0. The minimum Gasteiger partial charge on any atom is -0.478 e. The van der Waals surface area contributed by atoms with Gasteiger partial charge >= 0.3 is 5.97 Å². The van der Waals surface area contributed by atoms with Crippen LogP contribution in [0.2, 0.25) is 0 Å². The molecule has 0 aromatic carbocycles. The number of sulfonamides is 1. The maximum atomic E-state index is 11.1. The van der Waals surface area contributed by atoms with Crippen molar-refractivity contribution >= 4 is 37.6 Å². The highest BCUT2D eigenvalue weighted by Crippen LogP contribution is 2.11. The molecule has 0 amide bonds. The van der Waals surface area contributed by atoms with Crippen molar-refractivity contribution in [3.05, 3.63) is 24.0 Å². The number of carboxylic acid groups (broad SMARTS) is 1. The van der Waals surface area contributed by atoms with E-state index in [2.05, 4.69) is 25.6 Å². The summed E-state index contributed by atoms with van der Waals surface area (Å²) >= 11 is 2.79. The number of hydrogen-bond acceptors (Lipinski definition) is 4. The van der Waals surface area contributed by atoms with Crippen molar-refractivity contribution in [1.82, 2.24) is 4.98 Å². The molecule has 0 fully saturated rings. The van der Waals surface area contributed by atoms with E-state index >= 15 is 0 Å². The number of aromatic nitrogens is 1. The molecule has 8 heteroatoms. The Labute approximate surface area is 94.5 Å². The van der Waals surface area contributed by atoms with Gasteiger partial charge in [-0.3, -0.25) is 9.71 Å². The van der Waals surface area contributed by atoms with Crippen LogP contribution in [0.1, 0.15) is 10.4 Å². The van der Waals surface area contributed by atoms with Crippen LogP contribution in [0.5, 0.6) is 0 Å². The molecule has 0 aliphatic rings. The van der Waals surface area contributed by atoms with E-state index in [4.69, 9.17) is 5.11 Å². The molecule has 1 heterocycles. The number of aromatic carboxylic acids is 1. The van der Waals surface area contributed by atoms with Crippen LogP contribution in [0.25, 0.3) is 0 Å². The molecular formula is C7H7BrN2O4S. The summed E-state index contributed by atoms with van der Waals surface area (Å²) in [4.78, 5) is 14.2. The lowest BCUT2D eigenvalue weighted by atomic mass is 10.3. The first-order valence-electron chi connectivity index (χ1n) is 3.69. The predicted molar refractivity (Wildman–Crippen MR) is 57.5 cm³/mol. The van der Waals surface area contributed by atoms with E-state index < -0.39 is 16.0 Å². The normalized spacial score (nSPS) is 11.0. The third-order valence-corrected chi connectivity index (χ3v) is 4.04. The topological polar surface area (TPSA) is 96.4 Å². The lowest BCUT2D eigenvalue weighted by Gasteiger charge is -2.04. The molecule has 0 radical (unpaired) electrons. The standard InChI is InChI=1S/C7H7BrN2O4S/c8-4-15(13,14)10-6-1-5(7(11)12)2-9-3-6/h1-3,10H,4H2,(H,11,12). The smallest absolute Gasteiger partial charge is 0.337 e. The van der Waals surface area contributed by atoms with Gasteiger partial charge in [-0.25, -0.2) is 13.2 Å². The van der Waals surface area contributed by atoms with E-state index in [0.29, 0.717) is 0 Å². The molecule has 1 rings (SSSR count). The largest absolute Gasteiger partial charge is 0.478 e. The molecule has 6 nitrogen and oxygen atoms in total. The van der Waals surface area contributed by atoms with Crippen molar-refractivity contribution in [2.45, 2.75) is 0 Å². The molecule has 1 aromatic rings. The molecular weight excluding hydrogens is 288 g/mol. The molecule has 0 unspecified atom stereocenters. The highest BCUT2D eigenvalue weighted by Gasteiger charge is 2.10. The zero-order valence-electron chi connectivity index (χ0n) is 7.34. The van der Waals surface area contributed by atoms with Gasteiger partial charge in [-0.05, 0) is 6.07 Å². The lowest BCUT2D eigenvalue weighted by Crippen LogP contribution is -2.13. The van der Waals surface area contributed by atoms with Gasteiger partial charge in [-0.1, -0.05) is 15.9 Å². The van der Waals surface area contributed by atoms with E-state index in [1.165, 1.54) is 12.3 Å². The van der Waals surface area contributed by atoms with Crippen LogP contribution in [0.15, 0.2) is 18.5 Å². The molecule has 2 N–H and O–H groups in total. The zero-order valence-corrected chi connectivity index (χ0v) is 9.75. The van der Waals surface area contributed by atoms with Crippen molar-refractivity contribution in [2.24, 2.45) is 0 Å². The lowest BCUT2D eigenvalue weighted by molar-refractivity contribution is 0.0696. The first-order valence-corrected chi connectivity index (χ1v) is 6.47. The second kappa shape index (κ2) is 4.58. The van der Waals surface area contributed by atoms with E-state index in [1.54, 1.807) is 0 Å². The maximum Gasteiger partial charge on any atom is 0.337 e. The first kappa shape index (κ1) is 11.9. The Kier molecular flexibility index (Phi) is 3.64. The number of alkyl halides is 1. The van der Waals surface area contributed by atoms with Crippen molar-refractivity contribution in [1.29, 1.82) is 0 Å². The molecule has 0 saturated heterocycles. The Morgan fingerprint density at radius 3 is 2.73 bits per heavy atom. The Hall–Kier alpha value is -1.15. The molecule has 1 aromatic heterocycles. The van der Waals surface area contributed by atoms with Crippen LogP contribution in [-0.4, -0.2) is 29.1 Å². The van der Waals surface area contributed by atoms with Gasteiger partial charge in [0.15, 0.2) is 0 Å². The zero-order chi connectivity index (χ0) is 11.5. The SMILES string of the molecule is O=C(O)c1cncc(NS(=O)(=O)CBr)c1. The number of pyridine rings is 1. The van der Waals surface area contributed by atoms with Crippen LogP contribution in [0.3, 0.4) is 0 Å². The summed E-state index contributed by atoms with van der Waals surface area (Å²) in [5.74, 6) is -1.16. The summed E-state index contributed by atoms with van der Waals surface area (Å²) in [5, 5.41) is 8.64. The van der Waals surface area contributed by atoms with Crippen LogP contribution in [0, 0.1) is 0 Å². The monoisotopic (exact) mass is 294 g/mol. The fourth-order valence-corrected chi connectivity index (χ4v) is 1.69. The number of carboxylic acids is 1. The van der Waals surface area contributed by atoms with E-state index in [1.807, 2.05) is 0 Å². The van der Waals surface area contributed by atoms with Gasteiger partial charge < -0.3 is 5.11 Å². The third-order valence-electron chi connectivity index (χ3n) is 1.40. The second-order valence-electron chi connectivity index (χ2n) is 2.59. The number of carbonyl (C=O) groups is 1. The third kappa shape index (κ3) is 3.48. The Morgan fingerprint density at radius 1 is 1.53 bits per heavy atom. The number of hydrogen-bond donors (Lipinski definition) is 2. The summed E-state index contributed by atoms with van der Waals surface area (Å²) in [5.41, 5.74) is 0.0409. The van der Waals surface area contributed by atoms with Crippen LogP contribution in [-0.2, 0) is 10.0 Å². The summed E-state index contributed by atoms with van der Waals surface area (Å²) in [6, 6.07) is 1.19. The molecule has 0 atom stereocenters. The molecule has 0 saturated carbocycles. The number of halogens is 1. The van der Waals surface area contributed by atoms with Gasteiger partial charge in [0.1, 0.15) is 4.66 Å². The molecule has 15 heavy (non-hydrogen) atoms. The van der Waals surface area contributed by atoms with E-state index in [-0.39, 0.29) is 15.9 Å². The molecule has 0 aliphatic carbocycles. The maximum absolute atomic E-state index is 11.1.